The van der Waals surface area contributed by atoms with Gasteiger partial charge in [0.15, 0.2) is 5.17 Å². The molecule has 0 bridgehead atoms. The fourth-order valence-electron chi connectivity index (χ4n) is 2.88. The van der Waals surface area contributed by atoms with E-state index in [0.717, 1.165) is 17.7 Å². The molecule has 28 heavy (non-hydrogen) atoms. The number of aryl methyl sites for hydroxylation is 1. The van der Waals surface area contributed by atoms with E-state index in [4.69, 9.17) is 0 Å². The minimum Gasteiger partial charge on any atom is -0.324 e. The maximum atomic E-state index is 13.7. The van der Waals surface area contributed by atoms with Crippen molar-refractivity contribution < 1.29 is 14.0 Å². The molecule has 7 heteroatoms. The van der Waals surface area contributed by atoms with Crippen LogP contribution in [0.5, 0.6) is 0 Å². The Kier molecular flexibility index (Phi) is 6.46. The molecule has 1 atom stereocenters. The van der Waals surface area contributed by atoms with Crippen LogP contribution in [0.4, 0.5) is 15.8 Å². The van der Waals surface area contributed by atoms with E-state index in [2.05, 4.69) is 10.3 Å². The van der Waals surface area contributed by atoms with Crippen LogP contribution in [-0.2, 0) is 9.59 Å². The molecule has 2 amide bonds. The maximum Gasteiger partial charge on any atom is 0.242 e. The molecule has 0 aliphatic carbocycles. The highest BCUT2D eigenvalue weighted by Crippen LogP contribution is 2.32. The second-order valence-corrected chi connectivity index (χ2v) is 7.68. The summed E-state index contributed by atoms with van der Waals surface area (Å²) >= 11 is 1.29. The molecule has 0 aromatic heterocycles. The summed E-state index contributed by atoms with van der Waals surface area (Å²) in [5, 5.41) is 2.57. The summed E-state index contributed by atoms with van der Waals surface area (Å²) < 4.78 is 13.7. The van der Waals surface area contributed by atoms with Gasteiger partial charge in [-0.1, -0.05) is 49.0 Å². The van der Waals surface area contributed by atoms with Crippen LogP contribution in [0.2, 0.25) is 0 Å². The predicted octanol–water partition coefficient (Wildman–Crippen LogP) is 4.50. The summed E-state index contributed by atoms with van der Waals surface area (Å²) in [4.78, 5) is 31.4. The quantitative estimate of drug-likeness (QED) is 0.778. The molecule has 1 saturated heterocycles. The Hall–Kier alpha value is -2.67. The van der Waals surface area contributed by atoms with E-state index in [-0.39, 0.29) is 18.0 Å². The fraction of sp³-hybridized carbons (Fsp3) is 0.286. The van der Waals surface area contributed by atoms with Crippen molar-refractivity contribution in [1.29, 1.82) is 0 Å². The smallest absolute Gasteiger partial charge is 0.242 e. The van der Waals surface area contributed by atoms with Crippen LogP contribution < -0.4 is 5.32 Å². The number of benzene rings is 2. The average Bonchev–Trinajstić information content (AvgIpc) is 2.94. The van der Waals surface area contributed by atoms with Gasteiger partial charge in [0, 0.05) is 13.0 Å². The van der Waals surface area contributed by atoms with Gasteiger partial charge in [0.2, 0.25) is 11.8 Å². The monoisotopic (exact) mass is 399 g/mol. The molecule has 146 valence electrons. The zero-order chi connectivity index (χ0) is 20.1. The highest BCUT2D eigenvalue weighted by atomic mass is 32.2. The highest BCUT2D eigenvalue weighted by molar-refractivity contribution is 8.15. The summed E-state index contributed by atoms with van der Waals surface area (Å²) in [5.41, 5.74) is 1.93. The van der Waals surface area contributed by atoms with Crippen molar-refractivity contribution in [2.45, 2.75) is 31.9 Å². The number of aliphatic imine (C=N–C) groups is 1. The van der Waals surface area contributed by atoms with Crippen LogP contribution in [0.25, 0.3) is 0 Å². The minimum absolute atomic E-state index is 0.0369. The van der Waals surface area contributed by atoms with Crippen LogP contribution >= 0.6 is 11.8 Å². The number of para-hydroxylation sites is 2. The molecule has 1 heterocycles. The van der Waals surface area contributed by atoms with Crippen LogP contribution in [-0.4, -0.2) is 33.7 Å². The first kappa shape index (κ1) is 20.1. The van der Waals surface area contributed by atoms with E-state index in [1.165, 1.54) is 23.9 Å². The van der Waals surface area contributed by atoms with Crippen LogP contribution in [0.1, 0.15) is 25.3 Å². The number of nitrogens with zero attached hydrogens (tertiary/aromatic N) is 2. The zero-order valence-electron chi connectivity index (χ0n) is 15.8. The number of carbonyl (C=O) groups excluding carboxylic acids is 2. The average molecular weight is 399 g/mol. The van der Waals surface area contributed by atoms with Gasteiger partial charge in [0.1, 0.15) is 11.1 Å². The molecular formula is C21H22FN3O2S. The number of hydrogen-bond acceptors (Lipinski definition) is 4. The van der Waals surface area contributed by atoms with E-state index < -0.39 is 17.0 Å². The molecule has 1 aliphatic heterocycles. The van der Waals surface area contributed by atoms with E-state index in [1.807, 2.05) is 38.1 Å². The van der Waals surface area contributed by atoms with Crippen LogP contribution in [0.3, 0.4) is 0 Å². The van der Waals surface area contributed by atoms with Crippen LogP contribution in [0, 0.1) is 12.7 Å². The third-order valence-corrected chi connectivity index (χ3v) is 5.49. The van der Waals surface area contributed by atoms with Crippen molar-refractivity contribution in [2.75, 3.05) is 11.9 Å². The standard InChI is InChI=1S/C21H22FN3O2S/c1-3-12-25-20(27)18(13-19(26)23-17-11-7-5-9-15(17)22)28-21(25)24-16-10-6-4-8-14(16)2/h4-11,18H,3,12-13H2,1-2H3,(H,23,26)/t18-/m1/s1. The van der Waals surface area contributed by atoms with E-state index in [9.17, 15) is 14.0 Å². The van der Waals surface area contributed by atoms with Gasteiger partial charge < -0.3 is 5.32 Å². The number of carbonyl (C=O) groups is 2. The number of halogens is 1. The molecule has 2 aromatic rings. The first-order valence-corrected chi connectivity index (χ1v) is 10.0. The summed E-state index contributed by atoms with van der Waals surface area (Å²) in [5.74, 6) is -1.04. The number of thioether (sulfide) groups is 1. The summed E-state index contributed by atoms with van der Waals surface area (Å²) in [6.45, 7) is 4.49. The zero-order valence-corrected chi connectivity index (χ0v) is 16.6. The molecule has 1 fully saturated rings. The van der Waals surface area contributed by atoms with Gasteiger partial charge >= 0.3 is 0 Å². The second-order valence-electron chi connectivity index (χ2n) is 6.51. The third kappa shape index (κ3) is 4.59. The third-order valence-electron chi connectivity index (χ3n) is 4.32. The van der Waals surface area contributed by atoms with Gasteiger partial charge in [-0.2, -0.15) is 0 Å². The number of amides is 2. The van der Waals surface area contributed by atoms with Gasteiger partial charge in [0.25, 0.3) is 0 Å². The van der Waals surface area contributed by atoms with Gasteiger partial charge in [-0.3, -0.25) is 14.5 Å². The first-order chi connectivity index (χ1) is 13.5. The molecular weight excluding hydrogens is 377 g/mol. The number of anilines is 1. The Labute approximate surface area is 168 Å². The van der Waals surface area contributed by atoms with Crippen molar-refractivity contribution >= 4 is 40.1 Å². The van der Waals surface area contributed by atoms with Crippen molar-refractivity contribution in [3.63, 3.8) is 0 Å². The SMILES string of the molecule is CCCN1C(=O)[C@@H](CC(=O)Nc2ccccc2F)SC1=Nc1ccccc1C. The first-order valence-electron chi connectivity index (χ1n) is 9.16. The lowest BCUT2D eigenvalue weighted by Crippen LogP contribution is -2.34. The van der Waals surface area contributed by atoms with Gasteiger partial charge in [-0.05, 0) is 37.1 Å². The van der Waals surface area contributed by atoms with Gasteiger partial charge in [0.05, 0.1) is 11.4 Å². The van der Waals surface area contributed by atoms with Gasteiger partial charge in [-0.15, -0.1) is 0 Å². The van der Waals surface area contributed by atoms with Crippen molar-refractivity contribution in [2.24, 2.45) is 4.99 Å². The molecule has 1 aliphatic rings. The largest absolute Gasteiger partial charge is 0.324 e. The van der Waals surface area contributed by atoms with Crippen molar-refractivity contribution in [1.82, 2.24) is 4.90 Å². The summed E-state index contributed by atoms with van der Waals surface area (Å²) in [6.07, 6.45) is 0.748. The van der Waals surface area contributed by atoms with Crippen molar-refractivity contribution in [3.05, 3.63) is 59.9 Å². The Bertz CT molecular complexity index is 916. The topological polar surface area (TPSA) is 61.8 Å². The molecule has 0 unspecified atom stereocenters. The number of hydrogen-bond donors (Lipinski definition) is 1. The number of amidine groups is 1. The summed E-state index contributed by atoms with van der Waals surface area (Å²) in [6, 6.07) is 13.7. The Morgan fingerprint density at radius 1 is 1.21 bits per heavy atom. The van der Waals surface area contributed by atoms with E-state index in [1.54, 1.807) is 17.0 Å². The summed E-state index contributed by atoms with van der Waals surface area (Å²) in [7, 11) is 0. The molecule has 0 radical (unpaired) electrons. The normalized spacial score (nSPS) is 18.0. The molecule has 3 rings (SSSR count). The molecule has 0 spiro atoms. The Balaban J connectivity index is 1.75. The molecule has 1 N–H and O–H groups in total. The minimum atomic E-state index is -0.568. The maximum absolute atomic E-state index is 13.7. The van der Waals surface area contributed by atoms with E-state index >= 15 is 0 Å². The van der Waals surface area contributed by atoms with E-state index in [0.29, 0.717) is 11.7 Å². The molecule has 2 aromatic carbocycles. The van der Waals surface area contributed by atoms with Crippen molar-refractivity contribution in [3.8, 4) is 0 Å². The van der Waals surface area contributed by atoms with Gasteiger partial charge in [-0.25, -0.2) is 9.38 Å². The lowest BCUT2D eigenvalue weighted by atomic mass is 10.2. The lowest BCUT2D eigenvalue weighted by Gasteiger charge is -2.15. The van der Waals surface area contributed by atoms with Crippen LogP contribution in [0.15, 0.2) is 53.5 Å². The molecule has 5 nitrogen and oxygen atoms in total. The number of rotatable bonds is 6. The predicted molar refractivity (Wildman–Crippen MR) is 111 cm³/mol. The number of nitrogens with one attached hydrogen (secondary N) is 1. The highest BCUT2D eigenvalue weighted by Gasteiger charge is 2.38. The Morgan fingerprint density at radius 3 is 2.64 bits per heavy atom. The lowest BCUT2D eigenvalue weighted by molar-refractivity contribution is -0.128. The Morgan fingerprint density at radius 2 is 1.93 bits per heavy atom. The second kappa shape index (κ2) is 9.01. The molecule has 0 saturated carbocycles. The fourth-order valence-corrected chi connectivity index (χ4v) is 4.06.